The highest BCUT2D eigenvalue weighted by atomic mass is 16.3. The molecule has 1 atom stereocenters. The summed E-state index contributed by atoms with van der Waals surface area (Å²) < 4.78 is 1.82. The highest BCUT2D eigenvalue weighted by Gasteiger charge is 2.29. The lowest BCUT2D eigenvalue weighted by Gasteiger charge is -2.19. The van der Waals surface area contributed by atoms with Crippen LogP contribution >= 0.6 is 0 Å². The van der Waals surface area contributed by atoms with Gasteiger partial charge in [-0.1, -0.05) is 0 Å². The van der Waals surface area contributed by atoms with Gasteiger partial charge in [0, 0.05) is 31.9 Å². The molecule has 1 saturated heterocycles. The van der Waals surface area contributed by atoms with Crippen molar-refractivity contribution < 1.29 is 10.2 Å². The zero-order valence-corrected chi connectivity index (χ0v) is 14.8. The lowest BCUT2D eigenvalue weighted by Crippen LogP contribution is -2.24. The van der Waals surface area contributed by atoms with Crippen molar-refractivity contribution in [3.8, 4) is 28.3 Å². The predicted octanol–water partition coefficient (Wildman–Crippen LogP) is 2.13. The normalized spacial score (nSPS) is 17.0. The van der Waals surface area contributed by atoms with Gasteiger partial charge < -0.3 is 15.1 Å². The molecule has 134 valence electrons. The number of benzene rings is 1. The highest BCUT2D eigenvalue weighted by molar-refractivity contribution is 5.88. The molecule has 4 rings (SSSR count). The van der Waals surface area contributed by atoms with Crippen molar-refractivity contribution in [1.29, 1.82) is 0 Å². The van der Waals surface area contributed by atoms with Crippen LogP contribution in [-0.2, 0) is 7.05 Å². The van der Waals surface area contributed by atoms with E-state index in [1.807, 2.05) is 30.8 Å². The number of anilines is 1. The van der Waals surface area contributed by atoms with Crippen LogP contribution in [0.1, 0.15) is 12.0 Å². The molecule has 2 N–H and O–H groups in total. The van der Waals surface area contributed by atoms with Crippen LogP contribution in [0.25, 0.3) is 22.5 Å². The second-order valence-corrected chi connectivity index (χ2v) is 6.71. The van der Waals surface area contributed by atoms with E-state index in [9.17, 15) is 10.2 Å². The van der Waals surface area contributed by atoms with E-state index in [2.05, 4.69) is 14.9 Å². The van der Waals surface area contributed by atoms with Gasteiger partial charge in [0.2, 0.25) is 0 Å². The van der Waals surface area contributed by atoms with E-state index in [4.69, 9.17) is 5.10 Å². The Morgan fingerprint density at radius 2 is 2.08 bits per heavy atom. The van der Waals surface area contributed by atoms with Crippen molar-refractivity contribution in [2.24, 2.45) is 7.05 Å². The first-order chi connectivity index (χ1) is 12.5. The van der Waals surface area contributed by atoms with Gasteiger partial charge in [-0.25, -0.2) is 9.97 Å². The fraction of sp³-hybridized carbons (Fsp3) is 0.316. The maximum absolute atomic E-state index is 10.0. The molecule has 0 saturated carbocycles. The Bertz CT molecular complexity index is 918. The second-order valence-electron chi connectivity index (χ2n) is 6.71. The smallest absolute Gasteiger partial charge is 0.136 e. The number of phenolic OH excluding ortho intramolecular Hbond substituents is 1. The number of aromatic hydroxyl groups is 1. The molecule has 1 unspecified atom stereocenters. The van der Waals surface area contributed by atoms with Gasteiger partial charge in [-0.2, -0.15) is 5.10 Å². The largest absolute Gasteiger partial charge is 0.508 e. The van der Waals surface area contributed by atoms with Crippen LogP contribution in [0, 0.1) is 6.92 Å². The minimum atomic E-state index is -0.338. The van der Waals surface area contributed by atoms with Crippen LogP contribution in [-0.4, -0.2) is 49.2 Å². The summed E-state index contributed by atoms with van der Waals surface area (Å²) in [6, 6.07) is 7.28. The van der Waals surface area contributed by atoms with Crippen LogP contribution in [0.2, 0.25) is 0 Å². The maximum Gasteiger partial charge on any atom is 0.136 e. The SMILES string of the molecule is Cc1cc(O)cc(-c2nn(C)c(N3CCC(O)C3)c2-c2ccncn2)c1. The van der Waals surface area contributed by atoms with Crippen LogP contribution in [0.15, 0.2) is 36.8 Å². The topological polar surface area (TPSA) is 87.3 Å². The fourth-order valence-corrected chi connectivity index (χ4v) is 3.59. The molecule has 3 heterocycles. The van der Waals surface area contributed by atoms with E-state index in [1.165, 1.54) is 6.33 Å². The van der Waals surface area contributed by atoms with Gasteiger partial charge in [0.05, 0.1) is 17.4 Å². The minimum absolute atomic E-state index is 0.206. The molecule has 1 aromatic carbocycles. The van der Waals surface area contributed by atoms with Crippen LogP contribution in [0.4, 0.5) is 5.82 Å². The minimum Gasteiger partial charge on any atom is -0.508 e. The highest BCUT2D eigenvalue weighted by Crippen LogP contribution is 2.40. The third kappa shape index (κ3) is 2.90. The van der Waals surface area contributed by atoms with Gasteiger partial charge in [-0.15, -0.1) is 0 Å². The van der Waals surface area contributed by atoms with E-state index >= 15 is 0 Å². The molecule has 0 aliphatic carbocycles. The van der Waals surface area contributed by atoms with E-state index < -0.39 is 0 Å². The first-order valence-electron chi connectivity index (χ1n) is 8.60. The van der Waals surface area contributed by atoms with Crippen molar-refractivity contribution in [2.45, 2.75) is 19.4 Å². The number of aryl methyl sites for hydroxylation is 2. The third-order valence-electron chi connectivity index (χ3n) is 4.65. The average molecular weight is 351 g/mol. The summed E-state index contributed by atoms with van der Waals surface area (Å²) in [5.41, 5.74) is 4.19. The summed E-state index contributed by atoms with van der Waals surface area (Å²) in [5, 5.41) is 24.7. The van der Waals surface area contributed by atoms with E-state index in [0.29, 0.717) is 6.54 Å². The number of phenols is 1. The summed E-state index contributed by atoms with van der Waals surface area (Å²) in [6.07, 6.45) is 3.61. The Morgan fingerprint density at radius 3 is 2.73 bits per heavy atom. The van der Waals surface area contributed by atoms with Crippen molar-refractivity contribution in [3.05, 3.63) is 42.4 Å². The fourth-order valence-electron chi connectivity index (χ4n) is 3.59. The molecule has 7 heteroatoms. The number of β-amino-alcohol motifs (C(OH)–C–C–N with tert-alkyl or cyclic N) is 1. The van der Waals surface area contributed by atoms with Crippen LogP contribution in [0.3, 0.4) is 0 Å². The Morgan fingerprint density at radius 1 is 1.23 bits per heavy atom. The van der Waals surface area contributed by atoms with Crippen molar-refractivity contribution in [3.63, 3.8) is 0 Å². The Balaban J connectivity index is 1.94. The summed E-state index contributed by atoms with van der Waals surface area (Å²) in [6.45, 7) is 3.27. The van der Waals surface area contributed by atoms with Gasteiger partial charge in [-0.05, 0) is 43.2 Å². The number of hydrogen-bond donors (Lipinski definition) is 2. The number of aliphatic hydroxyl groups excluding tert-OH is 1. The molecule has 1 fully saturated rings. The molecule has 3 aromatic rings. The molecule has 26 heavy (non-hydrogen) atoms. The number of aliphatic hydroxyl groups is 1. The van der Waals surface area contributed by atoms with Crippen LogP contribution < -0.4 is 4.90 Å². The number of hydrogen-bond acceptors (Lipinski definition) is 6. The zero-order valence-electron chi connectivity index (χ0n) is 14.8. The third-order valence-corrected chi connectivity index (χ3v) is 4.65. The molecule has 0 bridgehead atoms. The average Bonchev–Trinajstić information content (AvgIpc) is 3.17. The molecular formula is C19H21N5O2. The quantitative estimate of drug-likeness (QED) is 0.752. The zero-order chi connectivity index (χ0) is 18.3. The van der Waals surface area contributed by atoms with Gasteiger partial charge in [0.1, 0.15) is 23.6 Å². The summed E-state index contributed by atoms with van der Waals surface area (Å²) >= 11 is 0. The van der Waals surface area contributed by atoms with Gasteiger partial charge in [0.15, 0.2) is 0 Å². The molecule has 1 aliphatic heterocycles. The first-order valence-corrected chi connectivity index (χ1v) is 8.60. The van der Waals surface area contributed by atoms with E-state index in [0.717, 1.165) is 46.9 Å². The summed E-state index contributed by atoms with van der Waals surface area (Å²) in [4.78, 5) is 10.6. The molecule has 1 aliphatic rings. The number of nitrogens with zero attached hydrogens (tertiary/aromatic N) is 5. The molecular weight excluding hydrogens is 330 g/mol. The van der Waals surface area contributed by atoms with Gasteiger partial charge in [0.25, 0.3) is 0 Å². The Hall–Kier alpha value is -2.93. The van der Waals surface area contributed by atoms with Crippen molar-refractivity contribution in [2.75, 3.05) is 18.0 Å². The maximum atomic E-state index is 10.0. The molecule has 0 radical (unpaired) electrons. The number of aromatic nitrogens is 4. The summed E-state index contributed by atoms with van der Waals surface area (Å²) in [7, 11) is 1.89. The molecule has 2 aromatic heterocycles. The van der Waals surface area contributed by atoms with E-state index in [1.54, 1.807) is 18.3 Å². The van der Waals surface area contributed by atoms with Crippen molar-refractivity contribution in [1.82, 2.24) is 19.7 Å². The monoisotopic (exact) mass is 351 g/mol. The molecule has 0 spiro atoms. The second kappa shape index (κ2) is 6.42. The van der Waals surface area contributed by atoms with Crippen LogP contribution in [0.5, 0.6) is 5.75 Å². The Kier molecular flexibility index (Phi) is 4.08. The first kappa shape index (κ1) is 16.5. The van der Waals surface area contributed by atoms with E-state index in [-0.39, 0.29) is 11.9 Å². The van der Waals surface area contributed by atoms with Crippen molar-refractivity contribution >= 4 is 5.82 Å². The standard InChI is InChI=1S/C19H21N5O2/c1-12-7-13(9-15(26)8-12)18-17(16-3-5-20-11-21-16)19(23(2)22-18)24-6-4-14(25)10-24/h3,5,7-9,11,14,25-26H,4,6,10H2,1-2H3. The lowest BCUT2D eigenvalue weighted by molar-refractivity contribution is 0.198. The Labute approximate surface area is 151 Å². The molecule has 7 nitrogen and oxygen atoms in total. The molecule has 0 amide bonds. The summed E-state index contributed by atoms with van der Waals surface area (Å²) in [5.74, 6) is 1.12. The number of rotatable bonds is 3. The van der Waals surface area contributed by atoms with Gasteiger partial charge in [-0.3, -0.25) is 4.68 Å². The van der Waals surface area contributed by atoms with Gasteiger partial charge >= 0.3 is 0 Å². The predicted molar refractivity (Wildman–Crippen MR) is 98.9 cm³/mol. The lowest BCUT2D eigenvalue weighted by atomic mass is 10.0.